The summed E-state index contributed by atoms with van der Waals surface area (Å²) in [5.41, 5.74) is 0.646. The Labute approximate surface area is 107 Å². The number of carbonyl (C=O) groups excluding carboxylic acids is 2. The van der Waals surface area contributed by atoms with Crippen LogP contribution in [0.25, 0.3) is 0 Å². The molecular weight excluding hydrogens is 232 g/mol. The number of methoxy groups -OCH3 is 2. The van der Waals surface area contributed by atoms with E-state index in [1.54, 1.807) is 0 Å². The topological polar surface area (TPSA) is 52.6 Å². The normalized spacial score (nSPS) is 22.6. The number of hydrogen-bond donors (Lipinski definition) is 0. The van der Waals surface area contributed by atoms with Gasteiger partial charge in [0.25, 0.3) is 0 Å². The maximum absolute atomic E-state index is 11.8. The molecule has 4 nitrogen and oxygen atoms in total. The molecular formula is C14H20O4. The van der Waals surface area contributed by atoms with Crippen LogP contribution in [-0.4, -0.2) is 26.2 Å². The van der Waals surface area contributed by atoms with E-state index in [-0.39, 0.29) is 11.9 Å². The number of hydrogen-bond acceptors (Lipinski definition) is 4. The van der Waals surface area contributed by atoms with E-state index < -0.39 is 5.41 Å². The van der Waals surface area contributed by atoms with Gasteiger partial charge in [0.1, 0.15) is 0 Å². The molecule has 0 spiro atoms. The van der Waals surface area contributed by atoms with Crippen LogP contribution >= 0.6 is 0 Å². The van der Waals surface area contributed by atoms with E-state index in [0.29, 0.717) is 17.1 Å². The molecule has 0 atom stereocenters. The van der Waals surface area contributed by atoms with Gasteiger partial charge in [-0.3, -0.25) is 0 Å². The number of esters is 2. The zero-order chi connectivity index (χ0) is 13.3. The zero-order valence-corrected chi connectivity index (χ0v) is 11.2. The van der Waals surface area contributed by atoms with Crippen molar-refractivity contribution in [2.45, 2.75) is 39.0 Å². The van der Waals surface area contributed by atoms with Crippen LogP contribution < -0.4 is 0 Å². The van der Waals surface area contributed by atoms with Crippen LogP contribution in [-0.2, 0) is 19.1 Å². The Morgan fingerprint density at radius 1 is 1.00 bits per heavy atom. The summed E-state index contributed by atoms with van der Waals surface area (Å²) in [6.45, 7) is 1.97. The molecule has 0 aromatic carbocycles. The van der Waals surface area contributed by atoms with E-state index in [1.165, 1.54) is 33.5 Å². The lowest BCUT2D eigenvalue weighted by Gasteiger charge is -2.29. The maximum atomic E-state index is 11.8. The molecule has 0 aromatic heterocycles. The quantitative estimate of drug-likeness (QED) is 0.723. The van der Waals surface area contributed by atoms with Gasteiger partial charge in [0.05, 0.1) is 25.4 Å². The third-order valence-electron chi connectivity index (χ3n) is 4.43. The molecule has 2 aliphatic carbocycles. The molecule has 0 heterocycles. The van der Waals surface area contributed by atoms with Gasteiger partial charge in [-0.15, -0.1) is 0 Å². The van der Waals surface area contributed by atoms with Crippen molar-refractivity contribution < 1.29 is 19.1 Å². The summed E-state index contributed by atoms with van der Waals surface area (Å²) in [5, 5.41) is 0. The van der Waals surface area contributed by atoms with Gasteiger partial charge >= 0.3 is 11.9 Å². The monoisotopic (exact) mass is 252 g/mol. The molecule has 4 heteroatoms. The average Bonchev–Trinajstić information content (AvgIpc) is 3.06. The van der Waals surface area contributed by atoms with Gasteiger partial charge in [-0.2, -0.15) is 0 Å². The molecule has 2 aliphatic rings. The van der Waals surface area contributed by atoms with E-state index in [2.05, 4.69) is 0 Å². The van der Waals surface area contributed by atoms with Crippen molar-refractivity contribution in [1.29, 1.82) is 0 Å². The molecule has 0 aromatic rings. The van der Waals surface area contributed by atoms with E-state index in [1.807, 2.05) is 6.92 Å². The summed E-state index contributed by atoms with van der Waals surface area (Å²) in [5.74, 6) is -0.401. The second-order valence-electron chi connectivity index (χ2n) is 5.27. The number of rotatable bonds is 3. The average molecular weight is 252 g/mol. The van der Waals surface area contributed by atoms with Crippen molar-refractivity contribution in [3.8, 4) is 0 Å². The summed E-state index contributed by atoms with van der Waals surface area (Å²) in [6.07, 6.45) is 5.72. The Bertz CT molecular complexity index is 376. The van der Waals surface area contributed by atoms with Crippen LogP contribution in [0, 0.1) is 11.3 Å². The maximum Gasteiger partial charge on any atom is 0.335 e. The van der Waals surface area contributed by atoms with Gasteiger partial charge in [0.15, 0.2) is 0 Å². The Kier molecular flexibility index (Phi) is 3.46. The van der Waals surface area contributed by atoms with E-state index in [4.69, 9.17) is 9.47 Å². The molecule has 0 radical (unpaired) electrons. The molecule has 0 saturated heterocycles. The summed E-state index contributed by atoms with van der Waals surface area (Å²) in [7, 11) is 2.70. The Balaban J connectivity index is 2.23. The van der Waals surface area contributed by atoms with Gasteiger partial charge < -0.3 is 9.47 Å². The Morgan fingerprint density at radius 2 is 1.44 bits per heavy atom. The SMILES string of the molecule is COC(=O)C1=C(C(=O)OC)C1(C)C1CCCCC1. The molecule has 1 saturated carbocycles. The van der Waals surface area contributed by atoms with Crippen LogP contribution in [0.5, 0.6) is 0 Å². The first-order chi connectivity index (χ1) is 8.57. The van der Waals surface area contributed by atoms with Crippen molar-refractivity contribution in [3.63, 3.8) is 0 Å². The fourth-order valence-electron chi connectivity index (χ4n) is 3.31. The first kappa shape index (κ1) is 13.1. The number of ether oxygens (including phenoxy) is 2. The van der Waals surface area contributed by atoms with Gasteiger partial charge in [0.2, 0.25) is 0 Å². The second-order valence-corrected chi connectivity index (χ2v) is 5.27. The van der Waals surface area contributed by atoms with Crippen molar-refractivity contribution >= 4 is 11.9 Å². The molecule has 0 bridgehead atoms. The smallest absolute Gasteiger partial charge is 0.335 e. The number of carbonyl (C=O) groups is 2. The molecule has 100 valence electrons. The van der Waals surface area contributed by atoms with Crippen molar-refractivity contribution in [3.05, 3.63) is 11.1 Å². The van der Waals surface area contributed by atoms with Crippen LogP contribution in [0.3, 0.4) is 0 Å². The first-order valence-electron chi connectivity index (χ1n) is 6.49. The predicted octanol–water partition coefficient (Wildman–Crippen LogP) is 2.23. The van der Waals surface area contributed by atoms with Crippen molar-refractivity contribution in [2.75, 3.05) is 14.2 Å². The van der Waals surface area contributed by atoms with Crippen LogP contribution in [0.4, 0.5) is 0 Å². The van der Waals surface area contributed by atoms with Gasteiger partial charge in [-0.25, -0.2) is 9.59 Å². The highest BCUT2D eigenvalue weighted by Crippen LogP contribution is 2.61. The van der Waals surface area contributed by atoms with Crippen LogP contribution in [0.2, 0.25) is 0 Å². The lowest BCUT2D eigenvalue weighted by molar-refractivity contribution is -0.137. The predicted molar refractivity (Wildman–Crippen MR) is 65.7 cm³/mol. The first-order valence-corrected chi connectivity index (χ1v) is 6.49. The second kappa shape index (κ2) is 4.75. The fraction of sp³-hybridized carbons (Fsp3) is 0.714. The van der Waals surface area contributed by atoms with Crippen LogP contribution in [0.1, 0.15) is 39.0 Å². The molecule has 1 fully saturated rings. The highest BCUT2D eigenvalue weighted by atomic mass is 16.5. The van der Waals surface area contributed by atoms with Gasteiger partial charge in [-0.1, -0.05) is 26.2 Å². The summed E-state index contributed by atoms with van der Waals surface area (Å²) >= 11 is 0. The van der Waals surface area contributed by atoms with E-state index in [9.17, 15) is 9.59 Å². The lowest BCUT2D eigenvalue weighted by Crippen LogP contribution is -2.24. The minimum absolute atomic E-state index is 0.370. The highest BCUT2D eigenvalue weighted by Gasteiger charge is 2.61. The minimum Gasteiger partial charge on any atom is -0.466 e. The third kappa shape index (κ3) is 1.84. The van der Waals surface area contributed by atoms with E-state index in [0.717, 1.165) is 12.8 Å². The third-order valence-corrected chi connectivity index (χ3v) is 4.43. The molecule has 0 N–H and O–H groups in total. The summed E-state index contributed by atoms with van der Waals surface area (Å²) in [4.78, 5) is 23.6. The van der Waals surface area contributed by atoms with Gasteiger partial charge in [0, 0.05) is 5.41 Å². The minimum atomic E-state index is -0.416. The standard InChI is InChI=1S/C14H20O4/c1-14(9-7-5-4-6-8-9)10(12(15)17-2)11(14)13(16)18-3/h9H,4-8H2,1-3H3. The van der Waals surface area contributed by atoms with Crippen LogP contribution in [0.15, 0.2) is 11.1 Å². The lowest BCUT2D eigenvalue weighted by atomic mass is 9.74. The van der Waals surface area contributed by atoms with E-state index >= 15 is 0 Å². The van der Waals surface area contributed by atoms with Crippen molar-refractivity contribution in [2.24, 2.45) is 11.3 Å². The molecule has 18 heavy (non-hydrogen) atoms. The zero-order valence-electron chi connectivity index (χ0n) is 11.2. The molecule has 2 rings (SSSR count). The summed E-state index contributed by atoms with van der Waals surface area (Å²) in [6, 6.07) is 0. The Morgan fingerprint density at radius 3 is 1.83 bits per heavy atom. The summed E-state index contributed by atoms with van der Waals surface area (Å²) < 4.78 is 9.56. The molecule has 0 aliphatic heterocycles. The van der Waals surface area contributed by atoms with Crippen molar-refractivity contribution in [1.82, 2.24) is 0 Å². The Hall–Kier alpha value is -1.32. The fourth-order valence-corrected chi connectivity index (χ4v) is 3.31. The molecule has 0 unspecified atom stereocenters. The largest absolute Gasteiger partial charge is 0.466 e. The van der Waals surface area contributed by atoms with Gasteiger partial charge in [-0.05, 0) is 18.8 Å². The molecule has 0 amide bonds. The highest BCUT2D eigenvalue weighted by molar-refractivity contribution is 6.11.